The average molecular weight is 239 g/mol. The third kappa shape index (κ3) is 2.20. The second kappa shape index (κ2) is 4.85. The van der Waals surface area contributed by atoms with Crippen molar-refractivity contribution in [2.75, 3.05) is 20.1 Å². The van der Waals surface area contributed by atoms with Gasteiger partial charge in [0.1, 0.15) is 0 Å². The van der Waals surface area contributed by atoms with Crippen LogP contribution in [0.3, 0.4) is 0 Å². The van der Waals surface area contributed by atoms with Crippen molar-refractivity contribution in [2.24, 2.45) is 0 Å². The van der Waals surface area contributed by atoms with Gasteiger partial charge in [-0.25, -0.2) is 0 Å². The summed E-state index contributed by atoms with van der Waals surface area (Å²) in [6, 6.07) is 5.54. The predicted molar refractivity (Wildman–Crippen MR) is 64.7 cm³/mol. The Labute approximate surface area is 100 Å². The maximum Gasteiger partial charge on any atom is 0.254 e. The van der Waals surface area contributed by atoms with Crippen LogP contribution in [0, 0.1) is 0 Å². The Morgan fingerprint density at radius 1 is 1.50 bits per heavy atom. The Balaban J connectivity index is 2.06. The largest absolute Gasteiger partial charge is 0.334 e. The highest BCUT2D eigenvalue weighted by Crippen LogP contribution is 2.25. The zero-order valence-corrected chi connectivity index (χ0v) is 10.0. The molecular weight excluding hydrogens is 224 g/mol. The van der Waals surface area contributed by atoms with E-state index in [0.717, 1.165) is 37.2 Å². The van der Waals surface area contributed by atoms with E-state index in [0.29, 0.717) is 5.02 Å². The number of rotatable bonds is 4. The summed E-state index contributed by atoms with van der Waals surface area (Å²) in [6.07, 6.45) is 0.976. The van der Waals surface area contributed by atoms with Crippen LogP contribution in [0.15, 0.2) is 18.2 Å². The van der Waals surface area contributed by atoms with Crippen LogP contribution in [0.4, 0.5) is 0 Å². The van der Waals surface area contributed by atoms with Gasteiger partial charge in [-0.15, -0.1) is 0 Å². The van der Waals surface area contributed by atoms with E-state index < -0.39 is 0 Å². The monoisotopic (exact) mass is 238 g/mol. The van der Waals surface area contributed by atoms with Crippen molar-refractivity contribution in [1.82, 2.24) is 10.2 Å². The van der Waals surface area contributed by atoms with Gasteiger partial charge < -0.3 is 10.2 Å². The molecule has 86 valence electrons. The van der Waals surface area contributed by atoms with Gasteiger partial charge in [0.05, 0.1) is 0 Å². The van der Waals surface area contributed by atoms with Crippen LogP contribution in [0.25, 0.3) is 0 Å². The number of nitrogens with zero attached hydrogens (tertiary/aromatic N) is 1. The zero-order chi connectivity index (χ0) is 11.5. The summed E-state index contributed by atoms with van der Waals surface area (Å²) in [5, 5.41) is 3.71. The van der Waals surface area contributed by atoms with Gasteiger partial charge in [0.25, 0.3) is 5.91 Å². The van der Waals surface area contributed by atoms with Crippen molar-refractivity contribution in [3.8, 4) is 0 Å². The first-order valence-electron chi connectivity index (χ1n) is 5.44. The molecule has 0 fully saturated rings. The van der Waals surface area contributed by atoms with E-state index in [-0.39, 0.29) is 5.91 Å². The van der Waals surface area contributed by atoms with Crippen LogP contribution in [-0.2, 0) is 6.54 Å². The lowest BCUT2D eigenvalue weighted by Crippen LogP contribution is -2.27. The van der Waals surface area contributed by atoms with Crippen molar-refractivity contribution >= 4 is 17.5 Å². The average Bonchev–Trinajstić information content (AvgIpc) is 2.57. The van der Waals surface area contributed by atoms with Gasteiger partial charge in [-0.2, -0.15) is 0 Å². The molecule has 1 aromatic carbocycles. The van der Waals surface area contributed by atoms with Crippen LogP contribution in [0.1, 0.15) is 22.3 Å². The molecule has 0 aromatic heterocycles. The molecule has 2 rings (SSSR count). The van der Waals surface area contributed by atoms with Crippen molar-refractivity contribution < 1.29 is 4.79 Å². The van der Waals surface area contributed by atoms with Crippen molar-refractivity contribution in [1.29, 1.82) is 0 Å². The van der Waals surface area contributed by atoms with E-state index in [9.17, 15) is 4.79 Å². The Kier molecular flexibility index (Phi) is 3.46. The van der Waals surface area contributed by atoms with E-state index >= 15 is 0 Å². The number of hydrogen-bond acceptors (Lipinski definition) is 2. The molecule has 0 aliphatic carbocycles. The molecule has 16 heavy (non-hydrogen) atoms. The first kappa shape index (κ1) is 11.4. The Morgan fingerprint density at radius 2 is 2.31 bits per heavy atom. The summed E-state index contributed by atoms with van der Waals surface area (Å²) in [4.78, 5) is 13.9. The lowest BCUT2D eigenvalue weighted by Gasteiger charge is -2.14. The Morgan fingerprint density at radius 3 is 3.06 bits per heavy atom. The minimum Gasteiger partial charge on any atom is -0.334 e. The van der Waals surface area contributed by atoms with Gasteiger partial charge in [0.2, 0.25) is 0 Å². The van der Waals surface area contributed by atoms with E-state index in [1.807, 2.05) is 24.1 Å². The Bertz CT molecular complexity index is 406. The minimum absolute atomic E-state index is 0.105. The standard InChI is InChI=1S/C12H15ClN2O/c1-14-5-2-6-15-8-9-3-4-10(13)7-11(9)12(15)16/h3-4,7,14H,2,5-6,8H2,1H3. The minimum atomic E-state index is 0.105. The molecule has 0 bridgehead atoms. The van der Waals surface area contributed by atoms with Gasteiger partial charge in [-0.3, -0.25) is 4.79 Å². The first-order chi connectivity index (χ1) is 7.72. The number of fused-ring (bicyclic) bond motifs is 1. The Hall–Kier alpha value is -1.06. The normalized spacial score (nSPS) is 14.4. The zero-order valence-electron chi connectivity index (χ0n) is 9.29. The molecule has 1 aliphatic heterocycles. The summed E-state index contributed by atoms with van der Waals surface area (Å²) < 4.78 is 0. The summed E-state index contributed by atoms with van der Waals surface area (Å²) in [5.74, 6) is 0.105. The van der Waals surface area contributed by atoms with E-state index in [1.54, 1.807) is 6.07 Å². The van der Waals surface area contributed by atoms with Crippen LogP contribution in [0.5, 0.6) is 0 Å². The number of carbonyl (C=O) groups is 1. The van der Waals surface area contributed by atoms with Crippen molar-refractivity contribution in [3.63, 3.8) is 0 Å². The second-order valence-electron chi connectivity index (χ2n) is 3.99. The van der Waals surface area contributed by atoms with Gasteiger partial charge in [-0.1, -0.05) is 17.7 Å². The van der Waals surface area contributed by atoms with E-state index in [2.05, 4.69) is 5.32 Å². The number of halogens is 1. The number of amides is 1. The molecule has 0 atom stereocenters. The molecule has 0 spiro atoms. The van der Waals surface area contributed by atoms with Crippen molar-refractivity contribution in [3.05, 3.63) is 34.3 Å². The first-order valence-corrected chi connectivity index (χ1v) is 5.82. The summed E-state index contributed by atoms with van der Waals surface area (Å²) in [5.41, 5.74) is 1.84. The SMILES string of the molecule is CNCCCN1Cc2ccc(Cl)cc2C1=O. The molecule has 0 saturated carbocycles. The maximum absolute atomic E-state index is 12.0. The second-order valence-corrected chi connectivity index (χ2v) is 4.42. The molecule has 3 nitrogen and oxygen atoms in total. The molecular formula is C12H15ClN2O. The van der Waals surface area contributed by atoms with Gasteiger partial charge >= 0.3 is 0 Å². The fourth-order valence-corrected chi connectivity index (χ4v) is 2.13. The van der Waals surface area contributed by atoms with E-state index in [4.69, 9.17) is 11.6 Å². The highest BCUT2D eigenvalue weighted by atomic mass is 35.5. The lowest BCUT2D eigenvalue weighted by atomic mass is 10.1. The number of hydrogen-bond donors (Lipinski definition) is 1. The molecule has 0 saturated heterocycles. The predicted octanol–water partition coefficient (Wildman–Crippen LogP) is 1.91. The number of benzene rings is 1. The van der Waals surface area contributed by atoms with Crippen LogP contribution in [-0.4, -0.2) is 30.9 Å². The smallest absolute Gasteiger partial charge is 0.254 e. The fourth-order valence-electron chi connectivity index (χ4n) is 1.96. The quantitative estimate of drug-likeness (QED) is 0.813. The van der Waals surface area contributed by atoms with Crippen LogP contribution in [0.2, 0.25) is 5.02 Å². The molecule has 4 heteroatoms. The molecule has 1 aliphatic rings. The molecule has 1 N–H and O–H groups in total. The molecule has 1 heterocycles. The molecule has 1 amide bonds. The maximum atomic E-state index is 12.0. The topological polar surface area (TPSA) is 32.3 Å². The molecule has 0 radical (unpaired) electrons. The lowest BCUT2D eigenvalue weighted by molar-refractivity contribution is 0.0777. The highest BCUT2D eigenvalue weighted by molar-refractivity contribution is 6.31. The van der Waals surface area contributed by atoms with Crippen molar-refractivity contribution in [2.45, 2.75) is 13.0 Å². The molecule has 1 aromatic rings. The highest BCUT2D eigenvalue weighted by Gasteiger charge is 2.26. The van der Waals surface area contributed by atoms with Gasteiger partial charge in [0.15, 0.2) is 0 Å². The van der Waals surface area contributed by atoms with Crippen LogP contribution < -0.4 is 5.32 Å². The summed E-state index contributed by atoms with van der Waals surface area (Å²) in [6.45, 7) is 2.45. The van der Waals surface area contributed by atoms with Gasteiger partial charge in [-0.05, 0) is 37.7 Å². The fraction of sp³-hybridized carbons (Fsp3) is 0.417. The number of nitrogens with one attached hydrogen (secondary N) is 1. The third-order valence-electron chi connectivity index (χ3n) is 2.81. The van der Waals surface area contributed by atoms with Crippen LogP contribution >= 0.6 is 11.6 Å². The summed E-state index contributed by atoms with van der Waals surface area (Å²) in [7, 11) is 1.92. The third-order valence-corrected chi connectivity index (χ3v) is 3.04. The molecule has 0 unspecified atom stereocenters. The van der Waals surface area contributed by atoms with Gasteiger partial charge in [0, 0.05) is 23.7 Å². The number of carbonyl (C=O) groups excluding carboxylic acids is 1. The van der Waals surface area contributed by atoms with E-state index in [1.165, 1.54) is 0 Å². The summed E-state index contributed by atoms with van der Waals surface area (Å²) >= 11 is 5.88.